The molecule has 3 aliphatic heterocycles. The number of nitrogens with one attached hydrogen (secondary N) is 2. The summed E-state index contributed by atoms with van der Waals surface area (Å²) < 4.78 is 80.1. The van der Waals surface area contributed by atoms with E-state index in [-0.39, 0.29) is 64.4 Å². The average Bonchev–Trinajstić information content (AvgIpc) is 3.56. The Labute approximate surface area is 386 Å². The molecule has 2 aromatic carbocycles. The molecule has 1 aromatic heterocycles. The third kappa shape index (κ3) is 10.1. The number of benzene rings is 2. The van der Waals surface area contributed by atoms with Gasteiger partial charge in [0.1, 0.15) is 18.1 Å². The van der Waals surface area contributed by atoms with Gasteiger partial charge >= 0.3 is 19.7 Å². The number of nitriles is 1. The van der Waals surface area contributed by atoms with E-state index in [0.29, 0.717) is 55.2 Å². The normalized spacial score (nSPS) is 27.9. The molecule has 5 fully saturated rings. The van der Waals surface area contributed by atoms with E-state index in [2.05, 4.69) is 45.1 Å². The van der Waals surface area contributed by atoms with Crippen LogP contribution in [0.2, 0.25) is 0 Å². The maximum absolute atomic E-state index is 16.3. The molecule has 5 aliphatic rings. The number of likely N-dealkylation sites (tertiary alicyclic amines) is 1. The zero-order valence-corrected chi connectivity index (χ0v) is 39.0. The Kier molecular flexibility index (Phi) is 14.1. The molecule has 1 spiro atoms. The first-order valence-corrected chi connectivity index (χ1v) is 25.5. The van der Waals surface area contributed by atoms with E-state index >= 15 is 4.39 Å². The van der Waals surface area contributed by atoms with Crippen molar-refractivity contribution < 1.29 is 50.6 Å². The van der Waals surface area contributed by atoms with Crippen molar-refractivity contribution in [2.24, 2.45) is 5.92 Å². The van der Waals surface area contributed by atoms with Crippen molar-refractivity contribution >= 4 is 52.6 Å². The number of esters is 1. The van der Waals surface area contributed by atoms with Crippen LogP contribution in [0.4, 0.5) is 17.6 Å². The standard InChI is InChI=1S/C47H57F4N6O7PS/c1-4-18-63-45(61)28(2)54-65(62,64-27-47(49,50)51)41(48)31-10-15-39-32(21-31)22-40(66-39)42(58)53-37-13-11-34(55(3)36-19-29(20-36)25-52)23-35-12-14-38(57(35)43(37)59)44(60)56-26-33(24-46(56)16-17-46)30-8-6-5-7-9-30/h5-10,15,21-22,28-29,33-38,41H,4,11-14,16-20,23-24,26-27H2,1-3H3,(H,53,58)(H,54,62)/t28-,29?,33+,34-,35+,36?,37-,38-,41+,65?/m0/s1. The molecule has 2 aliphatic carbocycles. The molecule has 19 heteroatoms. The van der Waals surface area contributed by atoms with E-state index in [1.807, 2.05) is 23.1 Å². The minimum absolute atomic E-state index is 0.00129. The summed E-state index contributed by atoms with van der Waals surface area (Å²) in [6, 6.07) is 14.8. The summed E-state index contributed by atoms with van der Waals surface area (Å²) in [5.74, 6) is -4.33. The van der Waals surface area contributed by atoms with Crippen molar-refractivity contribution in [1.29, 1.82) is 5.26 Å². The number of alkyl halides is 4. The van der Waals surface area contributed by atoms with Crippen molar-refractivity contribution in [3.63, 3.8) is 0 Å². The molecule has 2 N–H and O–H groups in total. The summed E-state index contributed by atoms with van der Waals surface area (Å²) in [6.07, 6.45) is 2.42. The van der Waals surface area contributed by atoms with E-state index in [4.69, 9.17) is 4.74 Å². The lowest BCUT2D eigenvalue weighted by molar-refractivity contribution is -0.154. The predicted octanol–water partition coefficient (Wildman–Crippen LogP) is 8.37. The van der Waals surface area contributed by atoms with Crippen LogP contribution in [0.3, 0.4) is 0 Å². The fourth-order valence-electron chi connectivity index (χ4n) is 10.5. The van der Waals surface area contributed by atoms with E-state index in [9.17, 15) is 42.2 Å². The molecular weight excluding hydrogens is 900 g/mol. The van der Waals surface area contributed by atoms with Crippen LogP contribution in [0.15, 0.2) is 54.6 Å². The van der Waals surface area contributed by atoms with Gasteiger partial charge in [0.2, 0.25) is 17.7 Å². The third-order valence-corrected chi connectivity index (χ3v) is 17.6. The van der Waals surface area contributed by atoms with Crippen LogP contribution < -0.4 is 10.4 Å². The van der Waals surface area contributed by atoms with Crippen LogP contribution in [0.25, 0.3) is 10.1 Å². The number of ether oxygens (including phenoxy) is 1. The second-order valence-corrected chi connectivity index (χ2v) is 22.1. The Balaban J connectivity index is 1.02. The monoisotopic (exact) mass is 956 g/mol. The second kappa shape index (κ2) is 19.3. The zero-order valence-electron chi connectivity index (χ0n) is 37.3. The van der Waals surface area contributed by atoms with Gasteiger partial charge in [-0.3, -0.25) is 23.7 Å². The van der Waals surface area contributed by atoms with E-state index < -0.39 is 56.2 Å². The van der Waals surface area contributed by atoms with E-state index in [1.54, 1.807) is 11.8 Å². The highest BCUT2D eigenvalue weighted by molar-refractivity contribution is 7.57. The van der Waals surface area contributed by atoms with Gasteiger partial charge in [-0.25, -0.2) is 9.48 Å². The van der Waals surface area contributed by atoms with Crippen LogP contribution in [-0.2, 0) is 28.2 Å². The minimum Gasteiger partial charge on any atom is -0.465 e. The first-order valence-electron chi connectivity index (χ1n) is 23.0. The van der Waals surface area contributed by atoms with Gasteiger partial charge in [0.25, 0.3) is 5.91 Å². The summed E-state index contributed by atoms with van der Waals surface area (Å²) in [5, 5.41) is 14.9. The number of halogens is 4. The van der Waals surface area contributed by atoms with Crippen LogP contribution in [0.5, 0.6) is 0 Å². The lowest BCUT2D eigenvalue weighted by atomic mass is 9.79. The SMILES string of the molecule is CCCOC(=O)[C@H](C)NP(=O)(OCC(F)(F)F)[C@@H](F)c1ccc2sc(C(=O)N[C@H]3CC[C@H](N(C)C4CC(C#N)C4)C[C@H]4CC[C@@H](C(=O)N5C[C@H](c6ccccc6)CC56CC6)N4C3=O)cc2c1. The number of hydrogen-bond donors (Lipinski definition) is 2. The highest BCUT2D eigenvalue weighted by atomic mass is 32.1. The van der Waals surface area contributed by atoms with Crippen molar-refractivity contribution in [2.75, 3.05) is 26.8 Å². The molecule has 8 atom stereocenters. The van der Waals surface area contributed by atoms with Crippen LogP contribution in [0.1, 0.15) is 117 Å². The number of fused-ring (bicyclic) bond motifs is 2. The first kappa shape index (κ1) is 48.1. The summed E-state index contributed by atoms with van der Waals surface area (Å²) in [6.45, 7) is 1.44. The molecular formula is C47H57F4N6O7PS. The minimum atomic E-state index is -5.07. The van der Waals surface area contributed by atoms with Gasteiger partial charge in [-0.2, -0.15) is 18.4 Å². The maximum Gasteiger partial charge on any atom is 0.412 e. The molecule has 8 rings (SSSR count). The topological polar surface area (TPSA) is 161 Å². The van der Waals surface area contributed by atoms with Crippen molar-refractivity contribution in [1.82, 2.24) is 25.1 Å². The fraction of sp³-hybridized carbons (Fsp3) is 0.596. The number of hydrogen-bond acceptors (Lipinski definition) is 10. The Morgan fingerprint density at radius 2 is 1.79 bits per heavy atom. The molecule has 356 valence electrons. The molecule has 1 unspecified atom stereocenters. The molecule has 0 radical (unpaired) electrons. The van der Waals surface area contributed by atoms with Crippen LogP contribution in [-0.4, -0.2) is 113 Å². The number of carbonyl (C=O) groups excluding carboxylic acids is 4. The van der Waals surface area contributed by atoms with E-state index in [1.165, 1.54) is 36.8 Å². The van der Waals surface area contributed by atoms with Crippen molar-refractivity contribution in [3.05, 3.63) is 70.6 Å². The molecule has 3 amide bonds. The van der Waals surface area contributed by atoms with Crippen LogP contribution in [0, 0.1) is 17.2 Å². The summed E-state index contributed by atoms with van der Waals surface area (Å²) in [7, 11) is -3.02. The molecule has 13 nitrogen and oxygen atoms in total. The number of amides is 3. The van der Waals surface area contributed by atoms with Gasteiger partial charge in [-0.05, 0) is 119 Å². The Bertz CT molecular complexity index is 2390. The quantitative estimate of drug-likeness (QED) is 0.0861. The highest BCUT2D eigenvalue weighted by Gasteiger charge is 2.59. The highest BCUT2D eigenvalue weighted by Crippen LogP contribution is 2.59. The molecule has 3 saturated heterocycles. The van der Waals surface area contributed by atoms with Gasteiger partial charge < -0.3 is 29.3 Å². The molecule has 0 bridgehead atoms. The maximum atomic E-state index is 16.3. The number of carbonyl (C=O) groups is 4. The largest absolute Gasteiger partial charge is 0.465 e. The predicted molar refractivity (Wildman–Crippen MR) is 239 cm³/mol. The van der Waals surface area contributed by atoms with Gasteiger partial charge in [-0.15, -0.1) is 11.3 Å². The average molecular weight is 957 g/mol. The first-order chi connectivity index (χ1) is 31.4. The molecule has 66 heavy (non-hydrogen) atoms. The molecule has 3 aromatic rings. The summed E-state index contributed by atoms with van der Waals surface area (Å²) >= 11 is 1.06. The van der Waals surface area contributed by atoms with Gasteiger partial charge in [0.15, 0.2) is 6.61 Å². The lowest BCUT2D eigenvalue weighted by Crippen LogP contribution is -2.59. The Morgan fingerprint density at radius 3 is 2.47 bits per heavy atom. The zero-order chi connectivity index (χ0) is 47.1. The summed E-state index contributed by atoms with van der Waals surface area (Å²) in [4.78, 5) is 62.6. The Hall–Kier alpha value is -4.40. The van der Waals surface area contributed by atoms with Crippen molar-refractivity contribution in [3.8, 4) is 6.07 Å². The number of thiophene rings is 1. The fourth-order valence-corrected chi connectivity index (χ4v) is 13.3. The van der Waals surface area contributed by atoms with Crippen molar-refractivity contribution in [2.45, 2.75) is 144 Å². The molecule has 2 saturated carbocycles. The Morgan fingerprint density at radius 1 is 1.05 bits per heavy atom. The number of rotatable bonds is 15. The smallest absolute Gasteiger partial charge is 0.412 e. The van der Waals surface area contributed by atoms with Gasteiger partial charge in [0.05, 0.1) is 17.6 Å². The summed E-state index contributed by atoms with van der Waals surface area (Å²) in [5.41, 5.74) is 0.667. The van der Waals surface area contributed by atoms with E-state index in [0.717, 1.165) is 43.4 Å². The lowest BCUT2D eigenvalue weighted by Gasteiger charge is -2.46. The third-order valence-electron chi connectivity index (χ3n) is 14.3. The van der Waals surface area contributed by atoms with Gasteiger partial charge in [0, 0.05) is 46.7 Å². The van der Waals surface area contributed by atoms with Crippen LogP contribution >= 0.6 is 18.9 Å². The second-order valence-electron chi connectivity index (χ2n) is 18.8. The number of nitrogens with zero attached hydrogens (tertiary/aromatic N) is 4. The molecule has 4 heterocycles. The van der Waals surface area contributed by atoms with Gasteiger partial charge in [-0.1, -0.05) is 43.3 Å².